The van der Waals surface area contributed by atoms with Crippen LogP contribution in [0.1, 0.15) is 24.8 Å². The Morgan fingerprint density at radius 2 is 1.74 bits per heavy atom. The fourth-order valence-corrected chi connectivity index (χ4v) is 3.62. The number of nitrogens with zero attached hydrogens (tertiary/aromatic N) is 1. The SMILES string of the molecule is O=c1cc(CNc2ccc(N3CCCCC3)cc2)c2ccc(F)c(F)c2[nH]1. The molecule has 2 heterocycles. The van der Waals surface area contributed by atoms with E-state index < -0.39 is 17.2 Å². The van der Waals surface area contributed by atoms with Gasteiger partial charge in [0.2, 0.25) is 5.56 Å². The van der Waals surface area contributed by atoms with Gasteiger partial charge in [-0.1, -0.05) is 0 Å². The van der Waals surface area contributed by atoms with Gasteiger partial charge in [0.05, 0.1) is 5.52 Å². The van der Waals surface area contributed by atoms with Gasteiger partial charge in [0.1, 0.15) is 0 Å². The third-order valence-electron chi connectivity index (χ3n) is 5.07. The lowest BCUT2D eigenvalue weighted by atomic mass is 10.1. The normalized spacial score (nSPS) is 14.5. The molecule has 1 saturated heterocycles. The van der Waals surface area contributed by atoms with Crippen molar-refractivity contribution in [2.24, 2.45) is 0 Å². The molecule has 140 valence electrons. The van der Waals surface area contributed by atoms with Gasteiger partial charge >= 0.3 is 0 Å². The third kappa shape index (κ3) is 3.65. The molecule has 0 bridgehead atoms. The van der Waals surface area contributed by atoms with E-state index in [0.717, 1.165) is 24.8 Å². The molecule has 1 fully saturated rings. The van der Waals surface area contributed by atoms with Crippen molar-refractivity contribution in [3.8, 4) is 0 Å². The Labute approximate surface area is 155 Å². The molecule has 2 N–H and O–H groups in total. The molecule has 0 saturated carbocycles. The lowest BCUT2D eigenvalue weighted by molar-refractivity contribution is 0.515. The topological polar surface area (TPSA) is 48.1 Å². The van der Waals surface area contributed by atoms with Gasteiger partial charge in [0.15, 0.2) is 11.6 Å². The molecule has 27 heavy (non-hydrogen) atoms. The second-order valence-corrected chi connectivity index (χ2v) is 6.89. The smallest absolute Gasteiger partial charge is 0.248 e. The Kier molecular flexibility index (Phi) is 4.79. The first kappa shape index (κ1) is 17.5. The number of H-pyrrole nitrogens is 1. The maximum absolute atomic E-state index is 14.0. The Hall–Kier alpha value is -2.89. The number of anilines is 2. The van der Waals surface area contributed by atoms with Crippen LogP contribution in [0.4, 0.5) is 20.2 Å². The molecular formula is C21H21F2N3O. The van der Waals surface area contributed by atoms with E-state index >= 15 is 0 Å². The molecule has 0 spiro atoms. The summed E-state index contributed by atoms with van der Waals surface area (Å²) in [5, 5.41) is 3.75. The molecule has 1 aromatic heterocycles. The number of nitrogens with one attached hydrogen (secondary N) is 2. The molecule has 4 rings (SSSR count). The maximum Gasteiger partial charge on any atom is 0.248 e. The van der Waals surface area contributed by atoms with Crippen molar-refractivity contribution in [1.82, 2.24) is 4.98 Å². The lowest BCUT2D eigenvalue weighted by Crippen LogP contribution is -2.29. The third-order valence-corrected chi connectivity index (χ3v) is 5.07. The summed E-state index contributed by atoms with van der Waals surface area (Å²) in [5.41, 5.74) is 2.18. The average Bonchev–Trinajstić information content (AvgIpc) is 2.70. The van der Waals surface area contributed by atoms with Gasteiger partial charge in [-0.3, -0.25) is 4.79 Å². The van der Waals surface area contributed by atoms with Crippen molar-refractivity contribution in [2.45, 2.75) is 25.8 Å². The summed E-state index contributed by atoms with van der Waals surface area (Å²) in [5.74, 6) is -2.01. The number of benzene rings is 2. The van der Waals surface area contributed by atoms with Crippen LogP contribution in [0.25, 0.3) is 10.9 Å². The van der Waals surface area contributed by atoms with Gasteiger partial charge in [-0.15, -0.1) is 0 Å². The molecule has 0 amide bonds. The van der Waals surface area contributed by atoms with Crippen molar-refractivity contribution >= 4 is 22.3 Å². The minimum absolute atomic E-state index is 0.0975. The summed E-state index contributed by atoms with van der Waals surface area (Å²) < 4.78 is 27.4. The molecule has 1 aliphatic heterocycles. The van der Waals surface area contributed by atoms with Crippen molar-refractivity contribution < 1.29 is 8.78 Å². The largest absolute Gasteiger partial charge is 0.381 e. The quantitative estimate of drug-likeness (QED) is 0.716. The summed E-state index contributed by atoms with van der Waals surface area (Å²) in [7, 11) is 0. The molecule has 4 nitrogen and oxygen atoms in total. The van der Waals surface area contributed by atoms with Crippen molar-refractivity contribution in [3.05, 3.63) is 70.0 Å². The number of hydrogen-bond acceptors (Lipinski definition) is 3. The summed E-state index contributed by atoms with van der Waals surface area (Å²) in [6.07, 6.45) is 3.75. The van der Waals surface area contributed by atoms with Crippen LogP contribution in [-0.2, 0) is 6.54 Å². The van der Waals surface area contributed by atoms with Gasteiger partial charge in [-0.25, -0.2) is 8.78 Å². The van der Waals surface area contributed by atoms with Gasteiger partial charge in [0.25, 0.3) is 0 Å². The Morgan fingerprint density at radius 1 is 1.00 bits per heavy atom. The molecular weight excluding hydrogens is 348 g/mol. The number of hydrogen-bond donors (Lipinski definition) is 2. The molecule has 3 aromatic rings. The number of fused-ring (bicyclic) bond motifs is 1. The highest BCUT2D eigenvalue weighted by Crippen LogP contribution is 2.24. The second kappa shape index (κ2) is 7.39. The first-order chi connectivity index (χ1) is 13.1. The van der Waals surface area contributed by atoms with Crippen molar-refractivity contribution in [3.63, 3.8) is 0 Å². The van der Waals surface area contributed by atoms with Gasteiger partial charge in [-0.05, 0) is 61.2 Å². The fourth-order valence-electron chi connectivity index (χ4n) is 3.62. The molecule has 0 unspecified atom stereocenters. The molecule has 0 atom stereocenters. The molecule has 0 aliphatic carbocycles. The van der Waals surface area contributed by atoms with Crippen LogP contribution in [0.3, 0.4) is 0 Å². The van der Waals surface area contributed by atoms with Crippen molar-refractivity contribution in [1.29, 1.82) is 0 Å². The maximum atomic E-state index is 14.0. The van der Waals surface area contributed by atoms with E-state index in [1.54, 1.807) is 0 Å². The number of rotatable bonds is 4. The molecule has 0 radical (unpaired) electrons. The minimum atomic E-state index is -1.03. The standard InChI is InChI=1S/C21H21F2N3O/c22-18-9-8-17-14(12-19(27)25-21(17)20(18)23)13-24-15-4-6-16(7-5-15)26-10-2-1-3-11-26/h4-9,12,24H,1-3,10-11,13H2,(H,25,27). The lowest BCUT2D eigenvalue weighted by Gasteiger charge is -2.28. The Bertz CT molecular complexity index is 1010. The molecule has 6 heteroatoms. The minimum Gasteiger partial charge on any atom is -0.381 e. The summed E-state index contributed by atoms with van der Waals surface area (Å²) in [6, 6.07) is 12.1. The monoisotopic (exact) mass is 369 g/mol. The number of aromatic nitrogens is 1. The first-order valence-corrected chi connectivity index (χ1v) is 9.20. The van der Waals surface area contributed by atoms with Gasteiger partial charge < -0.3 is 15.2 Å². The first-order valence-electron chi connectivity index (χ1n) is 9.20. The van der Waals surface area contributed by atoms with E-state index in [9.17, 15) is 13.6 Å². The average molecular weight is 369 g/mol. The van der Waals surface area contributed by atoms with E-state index in [0.29, 0.717) is 17.5 Å². The van der Waals surface area contributed by atoms with Gasteiger partial charge in [-0.2, -0.15) is 0 Å². The van der Waals surface area contributed by atoms with Crippen LogP contribution in [0.15, 0.2) is 47.3 Å². The van der Waals surface area contributed by atoms with E-state index in [-0.39, 0.29) is 5.52 Å². The number of piperidine rings is 1. The van der Waals surface area contributed by atoms with Crippen LogP contribution in [-0.4, -0.2) is 18.1 Å². The summed E-state index contributed by atoms with van der Waals surface area (Å²) in [6.45, 7) is 2.52. The fraction of sp³-hybridized carbons (Fsp3) is 0.286. The highest BCUT2D eigenvalue weighted by molar-refractivity contribution is 5.82. The zero-order valence-corrected chi connectivity index (χ0v) is 14.9. The van der Waals surface area contributed by atoms with Crippen LogP contribution in [0.2, 0.25) is 0 Å². The van der Waals surface area contributed by atoms with Gasteiger partial charge in [0, 0.05) is 42.5 Å². The number of pyridine rings is 1. The molecule has 2 aromatic carbocycles. The predicted molar refractivity (Wildman–Crippen MR) is 104 cm³/mol. The summed E-state index contributed by atoms with van der Waals surface area (Å²) in [4.78, 5) is 16.6. The van der Waals surface area contributed by atoms with E-state index in [1.165, 1.54) is 37.1 Å². The van der Waals surface area contributed by atoms with E-state index in [2.05, 4.69) is 27.3 Å². The van der Waals surface area contributed by atoms with Crippen LogP contribution in [0, 0.1) is 11.6 Å². The zero-order valence-electron chi connectivity index (χ0n) is 14.9. The van der Waals surface area contributed by atoms with Crippen molar-refractivity contribution in [2.75, 3.05) is 23.3 Å². The predicted octanol–water partition coefficient (Wildman–Crippen LogP) is 4.41. The number of aromatic amines is 1. The van der Waals surface area contributed by atoms with E-state index in [4.69, 9.17) is 0 Å². The molecule has 1 aliphatic rings. The Balaban J connectivity index is 1.53. The Morgan fingerprint density at radius 3 is 2.48 bits per heavy atom. The number of halogens is 2. The second-order valence-electron chi connectivity index (χ2n) is 6.89. The van der Waals surface area contributed by atoms with Crippen LogP contribution >= 0.6 is 0 Å². The highest BCUT2D eigenvalue weighted by atomic mass is 19.2. The summed E-state index contributed by atoms with van der Waals surface area (Å²) >= 11 is 0. The highest BCUT2D eigenvalue weighted by Gasteiger charge is 2.12. The zero-order chi connectivity index (χ0) is 18.8. The van der Waals surface area contributed by atoms with E-state index in [1.807, 2.05) is 12.1 Å². The van der Waals surface area contributed by atoms with Crippen LogP contribution in [0.5, 0.6) is 0 Å². The van der Waals surface area contributed by atoms with Crippen LogP contribution < -0.4 is 15.8 Å².